The van der Waals surface area contributed by atoms with Crippen molar-refractivity contribution >= 4 is 34.6 Å². The van der Waals surface area contributed by atoms with Crippen LogP contribution in [0, 0.1) is 17.0 Å². The van der Waals surface area contributed by atoms with E-state index in [-0.39, 0.29) is 21.9 Å². The van der Waals surface area contributed by atoms with Crippen LogP contribution in [-0.4, -0.2) is 21.0 Å². The summed E-state index contributed by atoms with van der Waals surface area (Å²) in [5.41, 5.74) is -1.75. The number of amides is 1. The molecule has 0 atom stereocenters. The van der Waals surface area contributed by atoms with E-state index in [1.165, 1.54) is 25.1 Å². The average molecular weight is 399 g/mol. The Morgan fingerprint density at radius 1 is 1.26 bits per heavy atom. The number of benzene rings is 2. The number of halogens is 3. The highest BCUT2D eigenvalue weighted by Crippen LogP contribution is 2.33. The molecule has 2 aromatic carbocycles. The van der Waals surface area contributed by atoms with Gasteiger partial charge in [-0.2, -0.15) is 13.2 Å². The predicted octanol–water partition coefficient (Wildman–Crippen LogP) is 3.75. The summed E-state index contributed by atoms with van der Waals surface area (Å²) in [6.07, 6.45) is -4.62. The number of hydrogen-bond donors (Lipinski definition) is 3. The molecule has 0 saturated heterocycles. The minimum atomic E-state index is -4.62. The molecule has 3 N–H and O–H groups in total. The predicted molar refractivity (Wildman–Crippen MR) is 94.6 cm³/mol. The number of carbonyl (C=O) groups is 1. The monoisotopic (exact) mass is 399 g/mol. The van der Waals surface area contributed by atoms with Gasteiger partial charge in [0.25, 0.3) is 5.91 Å². The highest BCUT2D eigenvalue weighted by Gasteiger charge is 2.31. The smallest absolute Gasteiger partial charge is 0.416 e. The van der Waals surface area contributed by atoms with Crippen LogP contribution in [-0.2, 0) is 6.18 Å². The molecule has 11 heteroatoms. The van der Waals surface area contributed by atoms with Crippen LogP contribution < -0.4 is 10.6 Å². The van der Waals surface area contributed by atoms with Gasteiger partial charge in [0.1, 0.15) is 0 Å². The van der Waals surface area contributed by atoms with Crippen molar-refractivity contribution < 1.29 is 28.0 Å². The molecule has 0 fully saturated rings. The lowest BCUT2D eigenvalue weighted by atomic mass is 10.1. The van der Waals surface area contributed by atoms with Crippen molar-refractivity contribution in [2.24, 2.45) is 0 Å². The zero-order valence-corrected chi connectivity index (χ0v) is 14.4. The normalized spacial score (nSPS) is 11.0. The van der Waals surface area contributed by atoms with Gasteiger partial charge < -0.3 is 10.4 Å². The Kier molecular flexibility index (Phi) is 5.64. The molecule has 27 heavy (non-hydrogen) atoms. The van der Waals surface area contributed by atoms with Gasteiger partial charge >= 0.3 is 11.9 Å². The van der Waals surface area contributed by atoms with Crippen LogP contribution >= 0.6 is 12.2 Å². The maximum absolute atomic E-state index is 12.9. The standard InChI is InChI=1S/C16H12F3N3O4S/c1-8-5-9(7-10(6-8)16(17,18)19)14(24)21-15(27)20-11-3-2-4-12(13(11)23)22(25)26/h2-7,23H,1H3,(H2,20,21,24,27). The molecule has 2 aromatic rings. The molecule has 0 bridgehead atoms. The lowest BCUT2D eigenvalue weighted by Crippen LogP contribution is -2.34. The SMILES string of the molecule is Cc1cc(C(=O)NC(=S)Nc2cccc([N+](=O)[O-])c2O)cc(C(F)(F)F)c1. The molecule has 0 aliphatic rings. The van der Waals surface area contributed by atoms with Crippen molar-refractivity contribution in [2.75, 3.05) is 5.32 Å². The number of nitrogens with one attached hydrogen (secondary N) is 2. The number of nitrogens with zero attached hydrogens (tertiary/aromatic N) is 1. The Labute approximate surface area is 156 Å². The summed E-state index contributed by atoms with van der Waals surface area (Å²) >= 11 is 4.87. The number of aryl methyl sites for hydroxylation is 1. The van der Waals surface area contributed by atoms with Crippen LogP contribution in [0.25, 0.3) is 0 Å². The van der Waals surface area contributed by atoms with Crippen LogP contribution in [0.1, 0.15) is 21.5 Å². The van der Waals surface area contributed by atoms with E-state index in [4.69, 9.17) is 12.2 Å². The van der Waals surface area contributed by atoms with Gasteiger partial charge in [0.05, 0.1) is 16.2 Å². The average Bonchev–Trinajstić information content (AvgIpc) is 2.55. The minimum Gasteiger partial charge on any atom is -0.501 e. The Morgan fingerprint density at radius 2 is 1.93 bits per heavy atom. The van der Waals surface area contributed by atoms with Gasteiger partial charge in [0, 0.05) is 11.6 Å². The summed E-state index contributed by atoms with van der Waals surface area (Å²) in [6.45, 7) is 1.41. The van der Waals surface area contributed by atoms with E-state index >= 15 is 0 Å². The number of thiocarbonyl (C=S) groups is 1. The molecule has 0 heterocycles. The Hall–Kier alpha value is -3.21. The Morgan fingerprint density at radius 3 is 2.52 bits per heavy atom. The lowest BCUT2D eigenvalue weighted by molar-refractivity contribution is -0.385. The van der Waals surface area contributed by atoms with Crippen LogP contribution in [0.4, 0.5) is 24.5 Å². The number of phenols is 1. The molecule has 0 aliphatic carbocycles. The molecule has 7 nitrogen and oxygen atoms in total. The summed E-state index contributed by atoms with van der Waals surface area (Å²) in [6, 6.07) is 6.44. The van der Waals surface area contributed by atoms with Gasteiger partial charge in [-0.25, -0.2) is 0 Å². The van der Waals surface area contributed by atoms with Gasteiger partial charge in [-0.15, -0.1) is 0 Å². The second kappa shape index (κ2) is 7.58. The molecule has 0 aliphatic heterocycles. The molecule has 0 saturated carbocycles. The fourth-order valence-electron chi connectivity index (χ4n) is 2.19. The van der Waals surface area contributed by atoms with Crippen LogP contribution in [0.2, 0.25) is 0 Å². The molecular weight excluding hydrogens is 387 g/mol. The topological polar surface area (TPSA) is 104 Å². The number of carbonyl (C=O) groups excluding carboxylic acids is 1. The van der Waals surface area contributed by atoms with Gasteiger partial charge in [0.15, 0.2) is 5.11 Å². The van der Waals surface area contributed by atoms with Crippen molar-refractivity contribution in [3.8, 4) is 5.75 Å². The molecule has 142 valence electrons. The molecular formula is C16H12F3N3O4S. The third kappa shape index (κ3) is 4.91. The number of nitro groups is 1. The van der Waals surface area contributed by atoms with Crippen LogP contribution in [0.15, 0.2) is 36.4 Å². The third-order valence-corrected chi connectivity index (χ3v) is 3.56. The fraction of sp³-hybridized carbons (Fsp3) is 0.125. The van der Waals surface area contributed by atoms with Crippen molar-refractivity contribution in [1.82, 2.24) is 5.32 Å². The summed E-state index contributed by atoms with van der Waals surface area (Å²) in [5, 5.41) is 24.8. The summed E-state index contributed by atoms with van der Waals surface area (Å²) in [7, 11) is 0. The second-order valence-corrected chi connectivity index (χ2v) is 5.83. The Bertz CT molecular complexity index is 932. The number of anilines is 1. The van der Waals surface area contributed by atoms with E-state index in [0.717, 1.165) is 12.1 Å². The number of nitro benzene ring substituents is 1. The van der Waals surface area contributed by atoms with Crippen LogP contribution in [0.3, 0.4) is 0 Å². The zero-order chi connectivity index (χ0) is 20.4. The van der Waals surface area contributed by atoms with E-state index in [0.29, 0.717) is 6.07 Å². The van der Waals surface area contributed by atoms with E-state index < -0.39 is 34.0 Å². The summed E-state index contributed by atoms with van der Waals surface area (Å²) in [5.74, 6) is -1.61. The number of rotatable bonds is 3. The Balaban J connectivity index is 2.18. The van der Waals surface area contributed by atoms with E-state index in [9.17, 15) is 33.2 Å². The van der Waals surface area contributed by atoms with Gasteiger partial charge in [0.2, 0.25) is 5.75 Å². The van der Waals surface area contributed by atoms with E-state index in [2.05, 4.69) is 10.6 Å². The van der Waals surface area contributed by atoms with Gasteiger partial charge in [-0.3, -0.25) is 20.2 Å². The largest absolute Gasteiger partial charge is 0.501 e. The van der Waals surface area contributed by atoms with Gasteiger partial charge in [-0.05, 0) is 49.0 Å². The first-order chi connectivity index (χ1) is 12.5. The number of hydrogen-bond acceptors (Lipinski definition) is 5. The fourth-order valence-corrected chi connectivity index (χ4v) is 2.39. The molecule has 0 aromatic heterocycles. The van der Waals surface area contributed by atoms with Crippen molar-refractivity contribution in [2.45, 2.75) is 13.1 Å². The molecule has 0 radical (unpaired) electrons. The van der Waals surface area contributed by atoms with Crippen LogP contribution in [0.5, 0.6) is 5.75 Å². The van der Waals surface area contributed by atoms with E-state index in [1.54, 1.807) is 0 Å². The molecule has 1 amide bonds. The summed E-state index contributed by atoms with van der Waals surface area (Å²) < 4.78 is 38.6. The number of phenolic OH excluding ortho intramolecular Hbond substituents is 1. The first kappa shape index (κ1) is 20.1. The third-order valence-electron chi connectivity index (χ3n) is 3.35. The quantitative estimate of drug-likeness (QED) is 0.314. The molecule has 0 spiro atoms. The second-order valence-electron chi connectivity index (χ2n) is 5.42. The van der Waals surface area contributed by atoms with Crippen molar-refractivity contribution in [3.63, 3.8) is 0 Å². The summed E-state index contributed by atoms with van der Waals surface area (Å²) in [4.78, 5) is 22.1. The lowest BCUT2D eigenvalue weighted by Gasteiger charge is -2.13. The number of para-hydroxylation sites is 1. The first-order valence-electron chi connectivity index (χ1n) is 7.26. The highest BCUT2D eigenvalue weighted by molar-refractivity contribution is 7.80. The number of alkyl halides is 3. The first-order valence-corrected chi connectivity index (χ1v) is 7.67. The minimum absolute atomic E-state index is 0.144. The van der Waals surface area contributed by atoms with E-state index in [1.807, 2.05) is 0 Å². The molecule has 0 unspecified atom stereocenters. The zero-order valence-electron chi connectivity index (χ0n) is 13.6. The van der Waals surface area contributed by atoms with Gasteiger partial charge in [-0.1, -0.05) is 6.07 Å². The number of aromatic hydroxyl groups is 1. The van der Waals surface area contributed by atoms with Crippen molar-refractivity contribution in [3.05, 3.63) is 63.2 Å². The molecule has 2 rings (SSSR count). The van der Waals surface area contributed by atoms with Crippen molar-refractivity contribution in [1.29, 1.82) is 0 Å². The maximum Gasteiger partial charge on any atom is 0.416 e. The highest BCUT2D eigenvalue weighted by atomic mass is 32.1. The maximum atomic E-state index is 12.9.